The fraction of sp³-hybridized carbons (Fsp3) is 0.250. The van der Waals surface area contributed by atoms with Gasteiger partial charge in [-0.1, -0.05) is 0 Å². The maximum absolute atomic E-state index is 13.6. The molecule has 0 bridgehead atoms. The number of amides is 3. The van der Waals surface area contributed by atoms with E-state index >= 15 is 0 Å². The SMILES string of the molecule is O=C(N/C=C1\CCNC(=O)c2[nH]c3ccc(F)cc3c21)NCCO. The topological polar surface area (TPSA) is 106 Å². The fourth-order valence-electron chi connectivity index (χ4n) is 2.71. The van der Waals surface area contributed by atoms with Crippen molar-refractivity contribution >= 4 is 28.4 Å². The Kier molecular flexibility index (Phi) is 4.48. The lowest BCUT2D eigenvalue weighted by Crippen LogP contribution is -2.34. The van der Waals surface area contributed by atoms with Crippen LogP contribution in [0.5, 0.6) is 0 Å². The lowest BCUT2D eigenvalue weighted by Gasteiger charge is -2.07. The molecule has 7 nitrogen and oxygen atoms in total. The molecule has 0 spiro atoms. The molecule has 0 fully saturated rings. The highest BCUT2D eigenvalue weighted by Gasteiger charge is 2.24. The Labute approximate surface area is 136 Å². The predicted molar refractivity (Wildman–Crippen MR) is 86.8 cm³/mol. The van der Waals surface area contributed by atoms with E-state index in [4.69, 9.17) is 5.11 Å². The van der Waals surface area contributed by atoms with Crippen molar-refractivity contribution in [3.63, 3.8) is 0 Å². The van der Waals surface area contributed by atoms with Gasteiger partial charge in [-0.05, 0) is 30.2 Å². The van der Waals surface area contributed by atoms with Crippen LogP contribution < -0.4 is 16.0 Å². The third kappa shape index (κ3) is 3.09. The smallest absolute Gasteiger partial charge is 0.318 e. The minimum Gasteiger partial charge on any atom is -0.395 e. The van der Waals surface area contributed by atoms with Crippen molar-refractivity contribution in [2.75, 3.05) is 19.7 Å². The van der Waals surface area contributed by atoms with Crippen LogP contribution in [0.1, 0.15) is 22.5 Å². The molecule has 8 heteroatoms. The van der Waals surface area contributed by atoms with E-state index in [1.165, 1.54) is 18.3 Å². The number of nitrogens with one attached hydrogen (secondary N) is 4. The number of aliphatic hydroxyl groups is 1. The summed E-state index contributed by atoms with van der Waals surface area (Å²) < 4.78 is 13.6. The van der Waals surface area contributed by atoms with E-state index in [-0.39, 0.29) is 19.1 Å². The summed E-state index contributed by atoms with van der Waals surface area (Å²) in [7, 11) is 0. The van der Waals surface area contributed by atoms with Crippen molar-refractivity contribution in [3.8, 4) is 0 Å². The number of benzene rings is 1. The summed E-state index contributed by atoms with van der Waals surface area (Å²) in [4.78, 5) is 26.8. The van der Waals surface area contributed by atoms with Gasteiger partial charge in [-0.3, -0.25) is 4.79 Å². The van der Waals surface area contributed by atoms with Crippen LogP contribution in [0.25, 0.3) is 16.5 Å². The zero-order valence-electron chi connectivity index (χ0n) is 12.8. The van der Waals surface area contributed by atoms with Crippen molar-refractivity contribution in [1.82, 2.24) is 20.9 Å². The maximum Gasteiger partial charge on any atom is 0.318 e. The average Bonchev–Trinajstić information content (AvgIpc) is 2.86. The first-order valence-corrected chi connectivity index (χ1v) is 7.54. The third-order valence-electron chi connectivity index (χ3n) is 3.76. The van der Waals surface area contributed by atoms with E-state index < -0.39 is 11.8 Å². The molecule has 1 aliphatic heterocycles. The normalized spacial score (nSPS) is 15.8. The van der Waals surface area contributed by atoms with Crippen LogP contribution in [-0.2, 0) is 0 Å². The average molecular weight is 332 g/mol. The lowest BCUT2D eigenvalue weighted by atomic mass is 10.0. The van der Waals surface area contributed by atoms with Crippen molar-refractivity contribution < 1.29 is 19.1 Å². The third-order valence-corrected chi connectivity index (χ3v) is 3.76. The quantitative estimate of drug-likeness (QED) is 0.580. The van der Waals surface area contributed by atoms with Crippen LogP contribution in [0.2, 0.25) is 0 Å². The van der Waals surface area contributed by atoms with Gasteiger partial charge in [-0.25, -0.2) is 9.18 Å². The van der Waals surface area contributed by atoms with Gasteiger partial charge in [0, 0.05) is 35.8 Å². The number of fused-ring (bicyclic) bond motifs is 3. The molecule has 3 rings (SSSR count). The van der Waals surface area contributed by atoms with E-state index in [0.29, 0.717) is 40.7 Å². The molecule has 126 valence electrons. The molecular formula is C16H17FN4O3. The molecule has 5 N–H and O–H groups in total. The molecule has 24 heavy (non-hydrogen) atoms. The standard InChI is InChI=1S/C16H17FN4O3/c17-10-1-2-12-11(7-10)13-9(8-20-16(24)19-5-6-22)3-4-18-15(23)14(13)21-12/h1-2,7-8,21-22H,3-6H2,(H,18,23)(H2,19,20,24)/b9-8+. The first-order chi connectivity index (χ1) is 11.6. The number of aliphatic hydroxyl groups excluding tert-OH is 1. The van der Waals surface area contributed by atoms with Crippen LogP contribution in [0, 0.1) is 5.82 Å². The van der Waals surface area contributed by atoms with Gasteiger partial charge in [0.1, 0.15) is 11.5 Å². The largest absolute Gasteiger partial charge is 0.395 e. The van der Waals surface area contributed by atoms with Crippen molar-refractivity contribution in [2.45, 2.75) is 6.42 Å². The van der Waals surface area contributed by atoms with Crippen LogP contribution in [0.15, 0.2) is 24.4 Å². The second-order valence-corrected chi connectivity index (χ2v) is 5.36. The minimum atomic E-state index is -0.465. The number of carbonyl (C=O) groups excluding carboxylic acids is 2. The summed E-state index contributed by atoms with van der Waals surface area (Å²) in [6.07, 6.45) is 1.99. The first-order valence-electron chi connectivity index (χ1n) is 7.54. The van der Waals surface area contributed by atoms with E-state index in [9.17, 15) is 14.0 Å². The van der Waals surface area contributed by atoms with E-state index in [2.05, 4.69) is 20.9 Å². The minimum absolute atomic E-state index is 0.137. The maximum atomic E-state index is 13.6. The van der Waals surface area contributed by atoms with Crippen molar-refractivity contribution in [3.05, 3.63) is 41.5 Å². The molecule has 0 unspecified atom stereocenters. The van der Waals surface area contributed by atoms with Gasteiger partial charge in [0.15, 0.2) is 0 Å². The van der Waals surface area contributed by atoms with Crippen LogP contribution in [-0.4, -0.2) is 41.7 Å². The number of aromatic amines is 1. The number of carbonyl (C=O) groups is 2. The number of hydrogen-bond acceptors (Lipinski definition) is 3. The highest BCUT2D eigenvalue weighted by atomic mass is 19.1. The van der Waals surface area contributed by atoms with Crippen LogP contribution >= 0.6 is 0 Å². The second-order valence-electron chi connectivity index (χ2n) is 5.36. The highest BCUT2D eigenvalue weighted by Crippen LogP contribution is 2.32. The number of aromatic nitrogens is 1. The molecule has 1 aromatic carbocycles. The summed E-state index contributed by atoms with van der Waals surface area (Å²) in [5, 5.41) is 17.1. The van der Waals surface area contributed by atoms with Gasteiger partial charge >= 0.3 is 6.03 Å². The van der Waals surface area contributed by atoms with E-state index in [0.717, 1.165) is 0 Å². The molecule has 2 aromatic rings. The zero-order chi connectivity index (χ0) is 17.1. The van der Waals surface area contributed by atoms with Crippen molar-refractivity contribution in [1.29, 1.82) is 0 Å². The summed E-state index contributed by atoms with van der Waals surface area (Å²) in [5.41, 5.74) is 2.28. The van der Waals surface area contributed by atoms with Gasteiger partial charge in [-0.2, -0.15) is 0 Å². The Balaban J connectivity index is 2.01. The highest BCUT2D eigenvalue weighted by molar-refractivity contribution is 6.07. The molecule has 1 aliphatic rings. The first kappa shape index (κ1) is 16.0. The van der Waals surface area contributed by atoms with Crippen LogP contribution in [0.3, 0.4) is 0 Å². The molecule has 0 saturated heterocycles. The molecule has 0 saturated carbocycles. The van der Waals surface area contributed by atoms with Gasteiger partial charge in [0.25, 0.3) is 5.91 Å². The lowest BCUT2D eigenvalue weighted by molar-refractivity contribution is 0.0952. The Morgan fingerprint density at radius 1 is 1.42 bits per heavy atom. The van der Waals surface area contributed by atoms with Gasteiger partial charge in [-0.15, -0.1) is 0 Å². The van der Waals surface area contributed by atoms with Gasteiger partial charge in [0.2, 0.25) is 0 Å². The Morgan fingerprint density at radius 3 is 3.04 bits per heavy atom. The molecule has 0 radical (unpaired) electrons. The number of rotatable bonds is 3. The Morgan fingerprint density at radius 2 is 2.25 bits per heavy atom. The number of H-pyrrole nitrogens is 1. The monoisotopic (exact) mass is 332 g/mol. The van der Waals surface area contributed by atoms with E-state index in [1.54, 1.807) is 6.07 Å². The molecule has 3 amide bonds. The molecular weight excluding hydrogens is 315 g/mol. The number of hydrogen-bond donors (Lipinski definition) is 5. The van der Waals surface area contributed by atoms with E-state index in [1.807, 2.05) is 0 Å². The summed E-state index contributed by atoms with van der Waals surface area (Å²) in [6.45, 7) is 0.386. The fourth-order valence-corrected chi connectivity index (χ4v) is 2.71. The Bertz CT molecular complexity index is 828. The van der Waals surface area contributed by atoms with Gasteiger partial charge in [0.05, 0.1) is 6.61 Å². The van der Waals surface area contributed by atoms with Gasteiger partial charge < -0.3 is 26.0 Å². The number of halogens is 1. The number of urea groups is 1. The second kappa shape index (κ2) is 6.71. The molecule has 2 heterocycles. The zero-order valence-corrected chi connectivity index (χ0v) is 12.8. The Hall–Kier alpha value is -2.87. The van der Waals surface area contributed by atoms with Crippen molar-refractivity contribution in [2.24, 2.45) is 0 Å². The predicted octanol–water partition coefficient (Wildman–Crippen LogP) is 1.07. The summed E-state index contributed by atoms with van der Waals surface area (Å²) in [5.74, 6) is -0.670. The summed E-state index contributed by atoms with van der Waals surface area (Å²) in [6, 6.07) is 3.79. The summed E-state index contributed by atoms with van der Waals surface area (Å²) >= 11 is 0. The molecule has 0 aliphatic carbocycles. The molecule has 1 aromatic heterocycles. The molecule has 0 atom stereocenters. The van der Waals surface area contributed by atoms with Crippen LogP contribution in [0.4, 0.5) is 9.18 Å².